The molecule has 3 aromatic rings. The van der Waals surface area contributed by atoms with Gasteiger partial charge in [-0.05, 0) is 52.3 Å². The molecule has 3 rings (SSSR count). The molecule has 18 heavy (non-hydrogen) atoms. The lowest BCUT2D eigenvalue weighted by Gasteiger charge is -2.16. The number of halogens is 1. The predicted octanol–water partition coefficient (Wildman–Crippen LogP) is 3.74. The lowest BCUT2D eigenvalue weighted by atomic mass is 10.2. The Morgan fingerprint density at radius 1 is 1.17 bits per heavy atom. The lowest BCUT2D eigenvalue weighted by molar-refractivity contribution is 0.320. The summed E-state index contributed by atoms with van der Waals surface area (Å²) in [5.41, 5.74) is 6.37. The van der Waals surface area contributed by atoms with Crippen molar-refractivity contribution in [3.63, 3.8) is 0 Å². The van der Waals surface area contributed by atoms with Crippen LogP contribution in [0.1, 0.15) is 5.56 Å². The van der Waals surface area contributed by atoms with Crippen molar-refractivity contribution in [3.8, 4) is 6.07 Å². The van der Waals surface area contributed by atoms with E-state index in [-0.39, 0.29) is 0 Å². The van der Waals surface area contributed by atoms with E-state index in [1.807, 2.05) is 30.3 Å². The normalized spacial score (nSPS) is 10.4. The van der Waals surface area contributed by atoms with E-state index in [1.54, 1.807) is 17.0 Å². The summed E-state index contributed by atoms with van der Waals surface area (Å²) in [4.78, 5) is 1.58. The molecule has 0 atom stereocenters. The zero-order valence-electron chi connectivity index (χ0n) is 9.22. The van der Waals surface area contributed by atoms with Gasteiger partial charge in [0.05, 0.1) is 21.8 Å². The van der Waals surface area contributed by atoms with Gasteiger partial charge in [-0.25, -0.2) is 0 Å². The lowest BCUT2D eigenvalue weighted by Crippen LogP contribution is -2.14. The number of benzene rings is 2. The number of fused-ring (bicyclic) bond motifs is 1. The van der Waals surface area contributed by atoms with Crippen molar-refractivity contribution in [3.05, 3.63) is 52.5 Å². The van der Waals surface area contributed by atoms with E-state index in [0.717, 1.165) is 21.3 Å². The molecule has 0 amide bonds. The van der Waals surface area contributed by atoms with Gasteiger partial charge < -0.3 is 4.52 Å². The van der Waals surface area contributed by atoms with Gasteiger partial charge in [0.2, 0.25) is 0 Å². The van der Waals surface area contributed by atoms with Gasteiger partial charge in [-0.3, -0.25) is 5.43 Å². The molecule has 5 heteroatoms. The average Bonchev–Trinajstić information content (AvgIpc) is 2.36. The number of nitrogens with zero attached hydrogens (tertiary/aromatic N) is 2. The molecule has 0 unspecified atom stereocenters. The number of nitriles is 1. The summed E-state index contributed by atoms with van der Waals surface area (Å²) >= 11 is 3.47. The monoisotopic (exact) mass is 301 g/mol. The van der Waals surface area contributed by atoms with Crippen LogP contribution in [0.5, 0.6) is 0 Å². The molecular weight excluding hydrogens is 294 g/mol. The molecule has 0 bridgehead atoms. The SMILES string of the molecule is N#Cc1ccc(Nn2oc3cccc(Br)c32)cc1. The van der Waals surface area contributed by atoms with Crippen LogP contribution < -0.4 is 5.43 Å². The first-order chi connectivity index (χ1) is 8.78. The molecule has 0 aliphatic rings. The maximum atomic E-state index is 8.72. The highest BCUT2D eigenvalue weighted by molar-refractivity contribution is 9.10. The van der Waals surface area contributed by atoms with Crippen molar-refractivity contribution in [2.75, 3.05) is 5.43 Å². The van der Waals surface area contributed by atoms with E-state index >= 15 is 0 Å². The summed E-state index contributed by atoms with van der Waals surface area (Å²) in [5, 5.41) is 8.72. The Kier molecular flexibility index (Phi) is 2.58. The summed E-state index contributed by atoms with van der Waals surface area (Å²) < 4.78 is 6.42. The third-order valence-electron chi connectivity index (χ3n) is 2.59. The zero-order valence-corrected chi connectivity index (χ0v) is 10.8. The Morgan fingerprint density at radius 3 is 2.61 bits per heavy atom. The van der Waals surface area contributed by atoms with Gasteiger partial charge in [0.25, 0.3) is 0 Å². The standard InChI is InChI=1S/C13H8BrN3O/c14-11-2-1-3-12-13(11)17(18-12)16-10-6-4-9(8-15)5-7-10/h1-7,16H. The largest absolute Gasteiger partial charge is 0.357 e. The molecule has 0 saturated heterocycles. The minimum Gasteiger partial charge on any atom is -0.357 e. The summed E-state index contributed by atoms with van der Waals surface area (Å²) in [6, 6.07) is 15.0. The summed E-state index contributed by atoms with van der Waals surface area (Å²) in [6.07, 6.45) is 0. The van der Waals surface area contributed by atoms with Crippen LogP contribution in [0.4, 0.5) is 5.69 Å². The molecule has 0 fully saturated rings. The van der Waals surface area contributed by atoms with E-state index in [0.29, 0.717) is 5.56 Å². The summed E-state index contributed by atoms with van der Waals surface area (Å²) in [5.74, 6) is 0. The van der Waals surface area contributed by atoms with Crippen molar-refractivity contribution in [2.24, 2.45) is 0 Å². The first-order valence-electron chi connectivity index (χ1n) is 5.31. The van der Waals surface area contributed by atoms with Crippen LogP contribution in [0, 0.1) is 11.3 Å². The molecule has 4 nitrogen and oxygen atoms in total. The minimum absolute atomic E-state index is 0.631. The number of aromatic nitrogens is 1. The number of para-hydroxylation sites is 1. The summed E-state index contributed by atoms with van der Waals surface area (Å²) in [6.45, 7) is 0. The van der Waals surface area contributed by atoms with Crippen molar-refractivity contribution < 1.29 is 4.52 Å². The Morgan fingerprint density at radius 2 is 1.94 bits per heavy atom. The second kappa shape index (κ2) is 4.24. The topological polar surface area (TPSA) is 53.9 Å². The number of hydrogen-bond donors (Lipinski definition) is 1. The first-order valence-corrected chi connectivity index (χ1v) is 6.10. The second-order valence-electron chi connectivity index (χ2n) is 3.77. The van der Waals surface area contributed by atoms with E-state index in [1.165, 1.54) is 0 Å². The molecule has 1 heterocycles. The van der Waals surface area contributed by atoms with Gasteiger partial charge in [-0.1, -0.05) is 6.07 Å². The average molecular weight is 302 g/mol. The van der Waals surface area contributed by atoms with Gasteiger partial charge >= 0.3 is 0 Å². The van der Waals surface area contributed by atoms with Crippen LogP contribution in [0.3, 0.4) is 0 Å². The Balaban J connectivity index is 1.91. The molecule has 0 aliphatic carbocycles. The van der Waals surface area contributed by atoms with E-state index in [9.17, 15) is 0 Å². The Labute approximate surface area is 111 Å². The van der Waals surface area contributed by atoms with Gasteiger partial charge in [0, 0.05) is 0 Å². The number of nitrogens with one attached hydrogen (secondary N) is 1. The quantitative estimate of drug-likeness (QED) is 0.784. The third kappa shape index (κ3) is 1.77. The highest BCUT2D eigenvalue weighted by Crippen LogP contribution is 2.27. The Hall–Kier alpha value is -2.19. The highest BCUT2D eigenvalue weighted by Gasteiger charge is 2.11. The summed E-state index contributed by atoms with van der Waals surface area (Å²) in [7, 11) is 0. The third-order valence-corrected chi connectivity index (χ3v) is 3.23. The fourth-order valence-corrected chi connectivity index (χ4v) is 2.20. The van der Waals surface area contributed by atoms with Gasteiger partial charge in [0.1, 0.15) is 0 Å². The van der Waals surface area contributed by atoms with E-state index in [2.05, 4.69) is 27.4 Å². The van der Waals surface area contributed by atoms with Gasteiger partial charge in [0.15, 0.2) is 11.1 Å². The van der Waals surface area contributed by atoms with Crippen molar-refractivity contribution in [2.45, 2.75) is 0 Å². The molecule has 0 saturated carbocycles. The maximum absolute atomic E-state index is 8.72. The molecule has 88 valence electrons. The van der Waals surface area contributed by atoms with Crippen LogP contribution in [0.25, 0.3) is 11.1 Å². The molecular formula is C13H8BrN3O. The van der Waals surface area contributed by atoms with Crippen LogP contribution in [-0.4, -0.2) is 4.85 Å². The number of hydrogen-bond acceptors (Lipinski definition) is 3. The van der Waals surface area contributed by atoms with Crippen LogP contribution in [0.2, 0.25) is 0 Å². The van der Waals surface area contributed by atoms with Crippen molar-refractivity contribution >= 4 is 32.7 Å². The van der Waals surface area contributed by atoms with Gasteiger partial charge in [-0.2, -0.15) is 5.26 Å². The molecule has 1 N–H and O–H groups in total. The molecule has 2 aromatic carbocycles. The number of anilines is 1. The smallest absolute Gasteiger partial charge is 0.187 e. The van der Waals surface area contributed by atoms with Crippen LogP contribution in [0.15, 0.2) is 51.5 Å². The molecule has 1 aromatic heterocycles. The fraction of sp³-hybridized carbons (Fsp3) is 0. The highest BCUT2D eigenvalue weighted by atomic mass is 79.9. The predicted molar refractivity (Wildman–Crippen MR) is 72.1 cm³/mol. The van der Waals surface area contributed by atoms with Crippen molar-refractivity contribution in [1.29, 1.82) is 5.26 Å². The molecule has 0 spiro atoms. The Bertz CT molecular complexity index is 734. The van der Waals surface area contributed by atoms with E-state index in [4.69, 9.17) is 9.78 Å². The molecule has 0 radical (unpaired) electrons. The first kappa shape index (κ1) is 10.9. The van der Waals surface area contributed by atoms with E-state index < -0.39 is 0 Å². The number of rotatable bonds is 2. The van der Waals surface area contributed by atoms with Gasteiger partial charge in [-0.15, -0.1) is 4.85 Å². The fourth-order valence-electron chi connectivity index (χ4n) is 1.69. The zero-order chi connectivity index (χ0) is 12.5. The maximum Gasteiger partial charge on any atom is 0.187 e. The van der Waals surface area contributed by atoms with Crippen LogP contribution >= 0.6 is 15.9 Å². The van der Waals surface area contributed by atoms with Crippen molar-refractivity contribution in [1.82, 2.24) is 4.85 Å². The van der Waals surface area contributed by atoms with Crippen LogP contribution in [-0.2, 0) is 0 Å². The second-order valence-corrected chi connectivity index (χ2v) is 4.63. The minimum atomic E-state index is 0.631. The molecule has 0 aliphatic heterocycles.